The lowest BCUT2D eigenvalue weighted by Crippen LogP contribution is -2.21. The van der Waals surface area contributed by atoms with Gasteiger partial charge < -0.3 is 5.32 Å². The molecule has 0 fully saturated rings. The first-order chi connectivity index (χ1) is 7.66. The number of halogens is 2. The van der Waals surface area contributed by atoms with E-state index in [4.69, 9.17) is 0 Å². The number of allylic oxidation sites excluding steroid dienone is 2. The lowest BCUT2D eigenvalue weighted by molar-refractivity contribution is -0.119. The van der Waals surface area contributed by atoms with E-state index in [0.29, 0.717) is 12.8 Å². The van der Waals surface area contributed by atoms with Crippen LogP contribution in [0.5, 0.6) is 0 Å². The van der Waals surface area contributed by atoms with E-state index in [9.17, 15) is 13.6 Å². The molecule has 1 aliphatic rings. The Kier molecular flexibility index (Phi) is 2.94. The first-order valence-corrected chi connectivity index (χ1v) is 4.94. The second kappa shape index (κ2) is 4.38. The number of rotatable bonds is 2. The monoisotopic (exact) mass is 224 g/mol. The highest BCUT2D eigenvalue weighted by molar-refractivity contribution is 5.92. The molecular weight excluding hydrogens is 214 g/mol. The van der Waals surface area contributed by atoms with Crippen LogP contribution in [0.15, 0.2) is 24.3 Å². The van der Waals surface area contributed by atoms with Gasteiger partial charge in [0.05, 0.1) is 5.69 Å². The van der Waals surface area contributed by atoms with Gasteiger partial charge >= 0.3 is 0 Å². The second-order valence-electron chi connectivity index (χ2n) is 3.60. The van der Waals surface area contributed by atoms with Crippen LogP contribution in [0, 0.1) is 17.8 Å². The molecule has 0 aliphatic heterocycles. The third kappa shape index (κ3) is 2.24. The summed E-state index contributed by atoms with van der Waals surface area (Å²) in [5, 5.41) is 2.40. The summed E-state index contributed by atoms with van der Waals surface area (Å²) < 4.78 is 25.6. The van der Waals surface area contributed by atoms with Gasteiger partial charge in [0.2, 0.25) is 17.8 Å². The van der Waals surface area contributed by atoms with E-state index in [2.05, 4.69) is 10.3 Å². The molecule has 0 saturated carbocycles. The van der Waals surface area contributed by atoms with Crippen molar-refractivity contribution in [1.82, 2.24) is 4.98 Å². The fraction of sp³-hybridized carbons (Fsp3) is 0.273. The van der Waals surface area contributed by atoms with Gasteiger partial charge in [-0.2, -0.15) is 13.8 Å². The molecule has 0 spiro atoms. The lowest BCUT2D eigenvalue weighted by atomic mass is 10.1. The van der Waals surface area contributed by atoms with E-state index in [1.54, 1.807) is 0 Å². The van der Waals surface area contributed by atoms with Crippen molar-refractivity contribution < 1.29 is 13.6 Å². The quantitative estimate of drug-likeness (QED) is 0.618. The molecule has 0 saturated heterocycles. The van der Waals surface area contributed by atoms with E-state index < -0.39 is 11.9 Å². The Morgan fingerprint density at radius 2 is 2.00 bits per heavy atom. The van der Waals surface area contributed by atoms with Crippen LogP contribution in [0.25, 0.3) is 0 Å². The minimum atomic E-state index is -1.00. The number of anilines is 1. The summed E-state index contributed by atoms with van der Waals surface area (Å²) in [5.74, 6) is -2.33. The Labute approximate surface area is 91.2 Å². The maximum Gasteiger partial charge on any atom is 0.239 e. The van der Waals surface area contributed by atoms with Gasteiger partial charge in [-0.25, -0.2) is 0 Å². The molecular formula is C11H10F2N2O. The van der Waals surface area contributed by atoms with Crippen molar-refractivity contribution in [3.05, 3.63) is 36.2 Å². The molecule has 1 aromatic rings. The van der Waals surface area contributed by atoms with Gasteiger partial charge in [-0.1, -0.05) is 12.2 Å². The van der Waals surface area contributed by atoms with Gasteiger partial charge in [0.1, 0.15) is 0 Å². The van der Waals surface area contributed by atoms with Crippen LogP contribution in [0.1, 0.15) is 12.8 Å². The number of aromatic nitrogens is 1. The highest BCUT2D eigenvalue weighted by Crippen LogP contribution is 2.20. The molecule has 1 N–H and O–H groups in total. The van der Waals surface area contributed by atoms with E-state index in [1.807, 2.05) is 12.2 Å². The molecule has 1 heterocycles. The van der Waals surface area contributed by atoms with Crippen molar-refractivity contribution >= 4 is 11.6 Å². The van der Waals surface area contributed by atoms with Gasteiger partial charge in [0.15, 0.2) is 0 Å². The van der Waals surface area contributed by atoms with Crippen LogP contribution in [0.3, 0.4) is 0 Å². The molecule has 84 valence electrons. The molecule has 0 aromatic carbocycles. The second-order valence-corrected chi connectivity index (χ2v) is 3.60. The minimum Gasteiger partial charge on any atom is -0.322 e. The molecule has 0 unspecified atom stereocenters. The number of nitrogens with zero attached hydrogens (tertiary/aromatic N) is 1. The zero-order valence-electron chi connectivity index (χ0n) is 8.41. The zero-order valence-corrected chi connectivity index (χ0v) is 8.41. The predicted octanol–water partition coefficient (Wildman–Crippen LogP) is 2.26. The highest BCUT2D eigenvalue weighted by atomic mass is 19.1. The molecule has 3 nitrogen and oxygen atoms in total. The van der Waals surface area contributed by atoms with Gasteiger partial charge in [-0.05, 0) is 25.0 Å². The summed E-state index contributed by atoms with van der Waals surface area (Å²) in [5.41, 5.74) is -0.0849. The van der Waals surface area contributed by atoms with Gasteiger partial charge in [-0.15, -0.1) is 0 Å². The number of pyridine rings is 1. The minimum absolute atomic E-state index is 0.0849. The summed E-state index contributed by atoms with van der Waals surface area (Å²) in [6.07, 6.45) is 5.12. The average molecular weight is 224 g/mol. The highest BCUT2D eigenvalue weighted by Gasteiger charge is 2.20. The van der Waals surface area contributed by atoms with Crippen LogP contribution >= 0.6 is 0 Å². The molecule has 1 amide bonds. The first-order valence-electron chi connectivity index (χ1n) is 4.94. The molecule has 2 rings (SSSR count). The Bertz CT molecular complexity index is 438. The maximum atomic E-state index is 13.1. The summed E-state index contributed by atoms with van der Waals surface area (Å²) in [4.78, 5) is 14.6. The maximum absolute atomic E-state index is 13.1. The number of nitrogens with one attached hydrogen (secondary N) is 1. The molecule has 0 atom stereocenters. The molecule has 5 heteroatoms. The topological polar surface area (TPSA) is 42.0 Å². The third-order valence-corrected chi connectivity index (χ3v) is 2.45. The standard InChI is InChI=1S/C11H10F2N2O/c12-9-6-5-8(10(13)15-9)14-11(16)7-3-1-2-4-7/h1-2,5-7H,3-4H2,(H,14,16). The van der Waals surface area contributed by atoms with Gasteiger partial charge in [0.25, 0.3) is 0 Å². The molecule has 16 heavy (non-hydrogen) atoms. The SMILES string of the molecule is O=C(Nc1ccc(F)nc1F)C1CC=CC1. The Morgan fingerprint density at radius 3 is 2.62 bits per heavy atom. The van der Waals surface area contributed by atoms with Crippen LogP contribution in [-0.4, -0.2) is 10.9 Å². The van der Waals surface area contributed by atoms with E-state index >= 15 is 0 Å². The summed E-state index contributed by atoms with van der Waals surface area (Å²) in [6.45, 7) is 0. The molecule has 1 aliphatic carbocycles. The smallest absolute Gasteiger partial charge is 0.239 e. The fourth-order valence-electron chi connectivity index (χ4n) is 1.57. The van der Waals surface area contributed by atoms with Crippen molar-refractivity contribution in [2.45, 2.75) is 12.8 Å². The van der Waals surface area contributed by atoms with Gasteiger partial charge in [0, 0.05) is 5.92 Å². The summed E-state index contributed by atoms with van der Waals surface area (Å²) in [6, 6.07) is 2.17. The third-order valence-electron chi connectivity index (χ3n) is 2.45. The van der Waals surface area contributed by atoms with Crippen molar-refractivity contribution in [2.75, 3.05) is 5.32 Å². The van der Waals surface area contributed by atoms with Crippen LogP contribution in [-0.2, 0) is 4.79 Å². The van der Waals surface area contributed by atoms with E-state index in [-0.39, 0.29) is 17.5 Å². The predicted molar refractivity (Wildman–Crippen MR) is 54.6 cm³/mol. The first kappa shape index (κ1) is 10.7. The zero-order chi connectivity index (χ0) is 11.5. The molecule has 0 radical (unpaired) electrons. The molecule has 1 aromatic heterocycles. The number of hydrogen-bond acceptors (Lipinski definition) is 2. The van der Waals surface area contributed by atoms with Crippen LogP contribution < -0.4 is 5.32 Å². The Balaban J connectivity index is 2.06. The Morgan fingerprint density at radius 1 is 1.31 bits per heavy atom. The van der Waals surface area contributed by atoms with E-state index in [0.717, 1.165) is 12.1 Å². The van der Waals surface area contributed by atoms with Crippen molar-refractivity contribution in [2.24, 2.45) is 5.92 Å². The number of carbonyl (C=O) groups excluding carboxylic acids is 1. The van der Waals surface area contributed by atoms with Gasteiger partial charge in [-0.3, -0.25) is 4.79 Å². The normalized spacial score (nSPS) is 15.4. The van der Waals surface area contributed by atoms with Crippen LogP contribution in [0.4, 0.5) is 14.5 Å². The lowest BCUT2D eigenvalue weighted by Gasteiger charge is -2.10. The number of hydrogen-bond donors (Lipinski definition) is 1. The summed E-state index contributed by atoms with van der Waals surface area (Å²) in [7, 11) is 0. The summed E-state index contributed by atoms with van der Waals surface area (Å²) >= 11 is 0. The number of amides is 1. The Hall–Kier alpha value is -1.78. The fourth-order valence-corrected chi connectivity index (χ4v) is 1.57. The van der Waals surface area contributed by atoms with E-state index in [1.165, 1.54) is 0 Å². The van der Waals surface area contributed by atoms with Crippen molar-refractivity contribution in [3.8, 4) is 0 Å². The largest absolute Gasteiger partial charge is 0.322 e. The van der Waals surface area contributed by atoms with Crippen molar-refractivity contribution in [3.63, 3.8) is 0 Å². The van der Waals surface area contributed by atoms with Crippen molar-refractivity contribution in [1.29, 1.82) is 0 Å². The van der Waals surface area contributed by atoms with Crippen LogP contribution in [0.2, 0.25) is 0 Å². The molecule has 0 bridgehead atoms. The number of carbonyl (C=O) groups is 1. The average Bonchev–Trinajstić information content (AvgIpc) is 2.75.